The highest BCUT2D eigenvalue weighted by atomic mass is 16.6. The van der Waals surface area contributed by atoms with Crippen LogP contribution in [0.5, 0.6) is 11.5 Å². The van der Waals surface area contributed by atoms with E-state index >= 15 is 0 Å². The summed E-state index contributed by atoms with van der Waals surface area (Å²) in [6, 6.07) is 3.69. The van der Waals surface area contributed by atoms with Gasteiger partial charge in [0.25, 0.3) is 0 Å². The summed E-state index contributed by atoms with van der Waals surface area (Å²) in [6.07, 6.45) is 0.762. The van der Waals surface area contributed by atoms with Crippen molar-refractivity contribution in [2.75, 3.05) is 20.7 Å². The number of fused-ring (bicyclic) bond motifs is 1. The molecule has 1 saturated heterocycles. The van der Waals surface area contributed by atoms with E-state index in [0.29, 0.717) is 30.1 Å². The van der Waals surface area contributed by atoms with Crippen LogP contribution in [0.3, 0.4) is 0 Å². The van der Waals surface area contributed by atoms with Crippen molar-refractivity contribution >= 4 is 5.97 Å². The summed E-state index contributed by atoms with van der Waals surface area (Å²) < 4.78 is 17.5. The fraction of sp³-hybridized carbons (Fsp3) is 0.591. The van der Waals surface area contributed by atoms with E-state index in [1.807, 2.05) is 33.0 Å². The van der Waals surface area contributed by atoms with Crippen LogP contribution in [0, 0.1) is 6.92 Å². The third kappa shape index (κ3) is 2.57. The smallest absolute Gasteiger partial charge is 0.339 e. The average molecular weight is 403 g/mol. The number of ether oxygens (including phenoxy) is 3. The molecule has 5 atom stereocenters. The van der Waals surface area contributed by atoms with Gasteiger partial charge in [-0.2, -0.15) is 0 Å². The van der Waals surface area contributed by atoms with Gasteiger partial charge >= 0.3 is 5.97 Å². The quantitative estimate of drug-likeness (QED) is 0.742. The van der Waals surface area contributed by atoms with Crippen LogP contribution in [-0.2, 0) is 14.9 Å². The number of carbonyl (C=O) groups excluding carboxylic acids is 1. The van der Waals surface area contributed by atoms with Crippen molar-refractivity contribution in [3.8, 4) is 11.5 Å². The third-order valence-electron chi connectivity index (χ3n) is 7.10. The lowest BCUT2D eigenvalue weighted by Gasteiger charge is -2.58. The summed E-state index contributed by atoms with van der Waals surface area (Å²) in [7, 11) is 3.59. The van der Waals surface area contributed by atoms with Crippen molar-refractivity contribution in [1.82, 2.24) is 4.90 Å². The molecule has 1 aromatic carbocycles. The summed E-state index contributed by atoms with van der Waals surface area (Å²) in [6.45, 7) is 6.15. The van der Waals surface area contributed by atoms with Crippen molar-refractivity contribution in [2.24, 2.45) is 0 Å². The van der Waals surface area contributed by atoms with Crippen LogP contribution < -0.4 is 9.47 Å². The average Bonchev–Trinajstić information content (AvgIpc) is 3.05. The Hall–Kier alpha value is -2.09. The number of rotatable bonds is 3. The van der Waals surface area contributed by atoms with E-state index in [1.165, 1.54) is 6.92 Å². The Bertz CT molecular complexity index is 880. The molecular formula is C22H29NO6. The minimum absolute atomic E-state index is 0.135. The summed E-state index contributed by atoms with van der Waals surface area (Å²) in [5.74, 6) is 0.786. The molecule has 2 aliphatic heterocycles. The highest BCUT2D eigenvalue weighted by molar-refractivity contribution is 5.75. The molecule has 0 saturated carbocycles. The topological polar surface area (TPSA) is 88.5 Å². The molecule has 4 rings (SSSR count). The van der Waals surface area contributed by atoms with Crippen LogP contribution in [0.4, 0.5) is 0 Å². The first kappa shape index (κ1) is 20.2. The zero-order chi connectivity index (χ0) is 21.1. The van der Waals surface area contributed by atoms with E-state index in [4.69, 9.17) is 14.2 Å². The maximum Gasteiger partial charge on any atom is 0.339 e. The number of esters is 1. The number of piperidine rings is 1. The van der Waals surface area contributed by atoms with Gasteiger partial charge in [-0.15, -0.1) is 0 Å². The number of hydrogen-bond donors (Lipinski definition) is 2. The number of aliphatic hydroxyl groups is 2. The van der Waals surface area contributed by atoms with Gasteiger partial charge in [-0.3, -0.25) is 0 Å². The van der Waals surface area contributed by atoms with Crippen molar-refractivity contribution in [3.63, 3.8) is 0 Å². The molecule has 2 N–H and O–H groups in total. The predicted molar refractivity (Wildman–Crippen MR) is 106 cm³/mol. The molecule has 0 bridgehead atoms. The van der Waals surface area contributed by atoms with E-state index in [1.54, 1.807) is 13.2 Å². The molecule has 7 nitrogen and oxygen atoms in total. The second-order valence-electron chi connectivity index (χ2n) is 8.50. The maximum absolute atomic E-state index is 12.2. The van der Waals surface area contributed by atoms with Crippen molar-refractivity contribution in [3.05, 3.63) is 35.1 Å². The van der Waals surface area contributed by atoms with Gasteiger partial charge in [-0.25, -0.2) is 4.79 Å². The Balaban J connectivity index is 1.93. The summed E-state index contributed by atoms with van der Waals surface area (Å²) in [4.78, 5) is 14.3. The number of likely N-dealkylation sites (tertiary alicyclic amines) is 1. The monoisotopic (exact) mass is 403 g/mol. The Labute approximate surface area is 170 Å². The predicted octanol–water partition coefficient (Wildman–Crippen LogP) is 1.67. The maximum atomic E-state index is 12.2. The fourth-order valence-corrected chi connectivity index (χ4v) is 5.36. The normalized spacial score (nSPS) is 34.2. The number of aliphatic hydroxyl groups excluding tert-OH is 1. The molecule has 1 aliphatic carbocycles. The Morgan fingerprint density at radius 3 is 2.79 bits per heavy atom. The van der Waals surface area contributed by atoms with E-state index in [-0.39, 0.29) is 6.04 Å². The molecule has 1 spiro atoms. The van der Waals surface area contributed by atoms with Gasteiger partial charge in [-0.1, -0.05) is 6.07 Å². The van der Waals surface area contributed by atoms with Crippen molar-refractivity contribution in [2.45, 2.75) is 62.9 Å². The Kier molecular flexibility index (Phi) is 4.68. The highest BCUT2D eigenvalue weighted by Gasteiger charge is 2.69. The number of nitrogens with zero attached hydrogens (tertiary/aromatic N) is 1. The zero-order valence-electron chi connectivity index (χ0n) is 17.6. The van der Waals surface area contributed by atoms with E-state index in [9.17, 15) is 15.0 Å². The standard InChI is InChI=1S/C22H29NO6/c1-12-6-7-15(27-5)18-17(12)21-10-11-23(4)14(3)22(21,26)9-8-16(19(21)29-18)28-20(25)13(2)24/h6-8,13-14,19,24,26H,9-11H2,1-5H3/t13-,14+,19-,21-,22+/m0/s1. The van der Waals surface area contributed by atoms with Crippen LogP contribution in [0.1, 0.15) is 37.8 Å². The minimum atomic E-state index is -1.25. The van der Waals surface area contributed by atoms with Crippen LogP contribution in [0.15, 0.2) is 24.0 Å². The van der Waals surface area contributed by atoms with Gasteiger partial charge in [0.1, 0.15) is 11.9 Å². The van der Waals surface area contributed by atoms with Gasteiger partial charge in [0, 0.05) is 18.0 Å². The van der Waals surface area contributed by atoms with Gasteiger partial charge in [0.05, 0.1) is 18.1 Å². The number of methoxy groups -OCH3 is 1. The summed E-state index contributed by atoms with van der Waals surface area (Å²) >= 11 is 0. The number of aryl methyl sites for hydroxylation is 1. The van der Waals surface area contributed by atoms with Gasteiger partial charge in [-0.05, 0) is 58.5 Å². The molecule has 1 fully saturated rings. The summed E-state index contributed by atoms with van der Waals surface area (Å²) in [5.41, 5.74) is 0.0218. The van der Waals surface area contributed by atoms with Crippen LogP contribution >= 0.6 is 0 Å². The molecule has 1 aromatic rings. The van der Waals surface area contributed by atoms with Crippen LogP contribution in [-0.4, -0.2) is 65.6 Å². The van der Waals surface area contributed by atoms with Crippen LogP contribution in [0.25, 0.3) is 0 Å². The third-order valence-corrected chi connectivity index (χ3v) is 7.10. The first-order valence-electron chi connectivity index (χ1n) is 10.0. The Morgan fingerprint density at radius 1 is 1.41 bits per heavy atom. The summed E-state index contributed by atoms with van der Waals surface area (Å²) in [5, 5.41) is 21.7. The largest absolute Gasteiger partial charge is 0.493 e. The molecule has 3 aliphatic rings. The first-order valence-corrected chi connectivity index (χ1v) is 10.0. The molecule has 2 heterocycles. The SMILES string of the molecule is COc1ccc(C)c2c1O[C@H]1C(OC(=O)[C@H](C)O)=CC[C@@]3(O)[C@@H](C)N(C)CC[C@]213. The molecule has 0 radical (unpaired) electrons. The molecular weight excluding hydrogens is 374 g/mol. The molecule has 29 heavy (non-hydrogen) atoms. The fourth-order valence-electron chi connectivity index (χ4n) is 5.36. The lowest BCUT2D eigenvalue weighted by atomic mass is 9.54. The minimum Gasteiger partial charge on any atom is -0.493 e. The molecule has 0 amide bonds. The van der Waals surface area contributed by atoms with Gasteiger partial charge in [0.15, 0.2) is 17.6 Å². The first-order chi connectivity index (χ1) is 13.7. The number of hydrogen-bond acceptors (Lipinski definition) is 7. The van der Waals surface area contributed by atoms with Crippen LogP contribution in [0.2, 0.25) is 0 Å². The number of carbonyl (C=O) groups is 1. The lowest BCUT2D eigenvalue weighted by molar-refractivity contribution is -0.165. The van der Waals surface area contributed by atoms with E-state index in [2.05, 4.69) is 4.90 Å². The molecule has 0 unspecified atom stereocenters. The second-order valence-corrected chi connectivity index (χ2v) is 8.50. The zero-order valence-corrected chi connectivity index (χ0v) is 17.6. The van der Waals surface area contributed by atoms with Crippen molar-refractivity contribution < 1.29 is 29.2 Å². The second kappa shape index (κ2) is 6.72. The van der Waals surface area contributed by atoms with Gasteiger partial charge < -0.3 is 29.3 Å². The Morgan fingerprint density at radius 2 is 2.14 bits per heavy atom. The van der Waals surface area contributed by atoms with E-state index in [0.717, 1.165) is 17.7 Å². The van der Waals surface area contributed by atoms with E-state index < -0.39 is 29.2 Å². The number of benzene rings is 1. The molecule has 0 aromatic heterocycles. The lowest BCUT2D eigenvalue weighted by Crippen LogP contribution is -2.71. The van der Waals surface area contributed by atoms with Gasteiger partial charge in [0.2, 0.25) is 0 Å². The molecule has 7 heteroatoms. The number of likely N-dealkylation sites (N-methyl/N-ethyl adjacent to an activating group) is 1. The van der Waals surface area contributed by atoms with Crippen molar-refractivity contribution in [1.29, 1.82) is 0 Å². The molecule has 158 valence electrons. The highest BCUT2D eigenvalue weighted by Crippen LogP contribution is 2.62.